The zero-order valence-corrected chi connectivity index (χ0v) is 25.3. The number of methoxy groups -OCH3 is 1. The summed E-state index contributed by atoms with van der Waals surface area (Å²) in [5, 5.41) is 20.2. The van der Waals surface area contributed by atoms with Gasteiger partial charge in [-0.25, -0.2) is 19.1 Å². The van der Waals surface area contributed by atoms with Gasteiger partial charge in [-0.3, -0.25) is 9.36 Å². The predicted molar refractivity (Wildman–Crippen MR) is 160 cm³/mol. The van der Waals surface area contributed by atoms with Gasteiger partial charge < -0.3 is 24.1 Å². The average Bonchev–Trinajstić information content (AvgIpc) is 3.59. The first-order valence-corrected chi connectivity index (χ1v) is 14.6. The molecule has 0 spiro atoms. The van der Waals surface area contributed by atoms with Crippen LogP contribution in [0.25, 0.3) is 21.0 Å². The van der Waals surface area contributed by atoms with Crippen LogP contribution in [0.1, 0.15) is 52.0 Å². The number of hydrogen-bond donors (Lipinski definition) is 2. The summed E-state index contributed by atoms with van der Waals surface area (Å²) in [5.74, 6) is -0.604. The number of nitrogens with zero attached hydrogens (tertiary/aromatic N) is 3. The third-order valence-electron chi connectivity index (χ3n) is 7.64. The minimum atomic E-state index is -1.85. The van der Waals surface area contributed by atoms with E-state index in [4.69, 9.17) is 13.9 Å². The monoisotopic (exact) mass is 599 g/mol. The van der Waals surface area contributed by atoms with Crippen molar-refractivity contribution >= 4 is 27.5 Å². The quantitative estimate of drug-likeness (QED) is 0.242. The number of carboxylic acids is 1. The zero-order valence-electron chi connectivity index (χ0n) is 24.5. The Labute approximate surface area is 247 Å². The van der Waals surface area contributed by atoms with Crippen LogP contribution in [0.15, 0.2) is 62.6 Å². The van der Waals surface area contributed by atoms with Crippen LogP contribution in [0.2, 0.25) is 0 Å². The van der Waals surface area contributed by atoms with E-state index in [1.165, 1.54) is 38.0 Å². The van der Waals surface area contributed by atoms with Crippen LogP contribution >= 0.6 is 11.3 Å². The molecule has 0 bridgehead atoms. The number of aliphatic hydroxyl groups excluding tert-OH is 1. The predicted octanol–water partition coefficient (Wildman–Crippen LogP) is 4.36. The summed E-state index contributed by atoms with van der Waals surface area (Å²) in [5.41, 5.74) is -2.37. The number of rotatable bonds is 11. The van der Waals surface area contributed by atoms with E-state index in [0.717, 1.165) is 15.9 Å². The molecule has 3 aromatic heterocycles. The van der Waals surface area contributed by atoms with Crippen molar-refractivity contribution in [1.29, 1.82) is 0 Å². The molecule has 226 valence electrons. The highest BCUT2D eigenvalue weighted by molar-refractivity contribution is 7.22. The first-order chi connectivity index (χ1) is 19.9. The number of fused-ring (bicyclic) bond motifs is 1. The van der Waals surface area contributed by atoms with Crippen molar-refractivity contribution in [2.45, 2.75) is 83.8 Å². The van der Waals surface area contributed by atoms with E-state index in [2.05, 4.69) is 11.6 Å². The van der Waals surface area contributed by atoms with Crippen LogP contribution in [0, 0.1) is 6.92 Å². The molecule has 1 aliphatic carbocycles. The minimum Gasteiger partial charge on any atom is -0.496 e. The summed E-state index contributed by atoms with van der Waals surface area (Å²) in [6, 6.07) is 0. The highest BCUT2D eigenvalue weighted by Gasteiger charge is 2.36. The minimum absolute atomic E-state index is 0.0787. The summed E-state index contributed by atoms with van der Waals surface area (Å²) in [4.78, 5) is 45.3. The number of carboxylic acid groups (broad SMARTS) is 1. The van der Waals surface area contributed by atoms with Crippen molar-refractivity contribution in [1.82, 2.24) is 14.1 Å². The van der Waals surface area contributed by atoms with Crippen LogP contribution < -0.4 is 11.2 Å². The molecule has 1 atom stereocenters. The molecule has 2 N–H and O–H groups in total. The van der Waals surface area contributed by atoms with Gasteiger partial charge in [0.05, 0.1) is 42.3 Å². The Bertz CT molecular complexity index is 1630. The smallest absolute Gasteiger partial charge is 0.333 e. The van der Waals surface area contributed by atoms with E-state index >= 15 is 0 Å². The third-order valence-corrected chi connectivity index (χ3v) is 8.94. The van der Waals surface area contributed by atoms with Crippen molar-refractivity contribution in [3.63, 3.8) is 0 Å². The van der Waals surface area contributed by atoms with E-state index in [1.807, 2.05) is 13.0 Å². The molecule has 0 radical (unpaired) electrons. The number of aliphatic hydroxyl groups is 1. The molecular formula is C30H37N3O8S. The van der Waals surface area contributed by atoms with Gasteiger partial charge in [0, 0.05) is 5.57 Å². The fourth-order valence-electron chi connectivity index (χ4n) is 5.10. The highest BCUT2D eigenvalue weighted by Crippen LogP contribution is 2.36. The average molecular weight is 600 g/mol. The largest absolute Gasteiger partial charge is 0.496 e. The SMILES string of the molecule is C=C(/C(=C\C=C/C)OC)[C@H](Cn1c(=O)n(C(C)(C)C(=O)O)c(=O)c2c(C)c(-c3ncco3)sc21)O[C@H]1CC[C@@H](O)CC1. The van der Waals surface area contributed by atoms with Crippen molar-refractivity contribution in [3.05, 3.63) is 75.0 Å². The number of ether oxygens (including phenoxy) is 2. The van der Waals surface area contributed by atoms with Gasteiger partial charge in [0.25, 0.3) is 5.56 Å². The van der Waals surface area contributed by atoms with Crippen LogP contribution in [0.5, 0.6) is 0 Å². The molecule has 0 aromatic carbocycles. The van der Waals surface area contributed by atoms with E-state index in [0.29, 0.717) is 52.3 Å². The third kappa shape index (κ3) is 5.92. The molecule has 1 aliphatic rings. The van der Waals surface area contributed by atoms with Gasteiger partial charge in [-0.05, 0) is 65.0 Å². The molecule has 3 aromatic rings. The van der Waals surface area contributed by atoms with Crippen molar-refractivity contribution in [3.8, 4) is 10.8 Å². The second-order valence-corrected chi connectivity index (χ2v) is 11.8. The molecule has 0 unspecified atom stereocenters. The lowest BCUT2D eigenvalue weighted by Crippen LogP contribution is -2.53. The molecule has 3 heterocycles. The number of aliphatic carboxylic acids is 1. The van der Waals surface area contributed by atoms with Crippen LogP contribution in [-0.2, 0) is 26.4 Å². The lowest BCUT2D eigenvalue weighted by atomic mass is 9.94. The van der Waals surface area contributed by atoms with E-state index < -0.39 is 28.9 Å². The van der Waals surface area contributed by atoms with Gasteiger partial charge in [-0.15, -0.1) is 11.3 Å². The molecule has 4 rings (SSSR count). The summed E-state index contributed by atoms with van der Waals surface area (Å²) >= 11 is 1.16. The second-order valence-electron chi connectivity index (χ2n) is 10.8. The Balaban J connectivity index is 1.95. The summed E-state index contributed by atoms with van der Waals surface area (Å²) in [6.07, 6.45) is 9.29. The number of aromatic nitrogens is 3. The van der Waals surface area contributed by atoms with Gasteiger partial charge in [0.15, 0.2) is 0 Å². The molecule has 1 fully saturated rings. The molecule has 42 heavy (non-hydrogen) atoms. The summed E-state index contributed by atoms with van der Waals surface area (Å²) < 4.78 is 19.8. The van der Waals surface area contributed by atoms with Gasteiger partial charge in [0.2, 0.25) is 5.89 Å². The van der Waals surface area contributed by atoms with E-state index in [-0.39, 0.29) is 30.0 Å². The molecule has 12 heteroatoms. The number of aryl methyl sites for hydroxylation is 1. The van der Waals surface area contributed by atoms with E-state index in [9.17, 15) is 24.6 Å². The fourth-order valence-corrected chi connectivity index (χ4v) is 6.34. The Kier molecular flexibility index (Phi) is 9.39. The van der Waals surface area contributed by atoms with Gasteiger partial charge >= 0.3 is 11.7 Å². The number of carbonyl (C=O) groups is 1. The lowest BCUT2D eigenvalue weighted by Gasteiger charge is -2.31. The molecule has 0 amide bonds. The molecular weight excluding hydrogens is 562 g/mol. The first kappa shape index (κ1) is 31.2. The second kappa shape index (κ2) is 12.6. The zero-order chi connectivity index (χ0) is 30.8. The molecule has 1 saturated carbocycles. The van der Waals surface area contributed by atoms with Gasteiger partial charge in [0.1, 0.15) is 28.5 Å². The van der Waals surface area contributed by atoms with E-state index in [1.54, 1.807) is 19.1 Å². The molecule has 11 nitrogen and oxygen atoms in total. The van der Waals surface area contributed by atoms with Crippen LogP contribution in [0.3, 0.4) is 0 Å². The topological polar surface area (TPSA) is 146 Å². The normalized spacial score (nSPS) is 19.0. The number of hydrogen-bond acceptors (Lipinski definition) is 9. The Morgan fingerprint density at radius 3 is 2.57 bits per heavy atom. The van der Waals surface area contributed by atoms with Gasteiger partial charge in [-0.1, -0.05) is 18.7 Å². The highest BCUT2D eigenvalue weighted by atomic mass is 32.1. The Hall–Kier alpha value is -3.74. The van der Waals surface area contributed by atoms with Crippen LogP contribution in [0.4, 0.5) is 0 Å². The maximum absolute atomic E-state index is 14.1. The molecule has 0 saturated heterocycles. The fraction of sp³-hybridized carbons (Fsp3) is 0.467. The van der Waals surface area contributed by atoms with Crippen molar-refractivity contribution in [2.75, 3.05) is 7.11 Å². The van der Waals surface area contributed by atoms with Gasteiger partial charge in [-0.2, -0.15) is 0 Å². The number of thiophene rings is 1. The summed E-state index contributed by atoms with van der Waals surface area (Å²) in [7, 11) is 1.51. The Morgan fingerprint density at radius 1 is 1.31 bits per heavy atom. The maximum atomic E-state index is 14.1. The van der Waals surface area contributed by atoms with Crippen molar-refractivity contribution < 1.29 is 28.9 Å². The van der Waals surface area contributed by atoms with Crippen molar-refractivity contribution in [2.24, 2.45) is 0 Å². The van der Waals surface area contributed by atoms with Crippen LogP contribution in [-0.4, -0.2) is 55.7 Å². The molecule has 0 aliphatic heterocycles. The lowest BCUT2D eigenvalue weighted by molar-refractivity contribution is -0.146. The summed E-state index contributed by atoms with van der Waals surface area (Å²) in [6.45, 7) is 10.4. The number of allylic oxidation sites excluding steroid dienone is 3. The first-order valence-electron chi connectivity index (χ1n) is 13.7. The number of oxazole rings is 1. The maximum Gasteiger partial charge on any atom is 0.333 e. The Morgan fingerprint density at radius 2 is 2.00 bits per heavy atom. The standard InChI is InChI=1S/C30H37N3O8S/c1-7-8-9-21(39-6)17(2)22(41-20-12-10-19(34)11-13-20)16-32-27-23(18(3)24(42-27)25-31-14-15-40-25)26(35)33(29(32)38)30(4,5)28(36)37/h7-9,14-15,19-20,22,34H,2,10-13,16H2,1,3-6H3,(H,36,37)/b8-7-,21-9+/t19-,20+,22-/m0/s1.